The number of carboxylic acid groups (broad SMARTS) is 1. The van der Waals surface area contributed by atoms with E-state index in [0.717, 1.165) is 27.9 Å². The van der Waals surface area contributed by atoms with Crippen LogP contribution in [-0.2, 0) is 0 Å². The molecule has 0 saturated heterocycles. The highest BCUT2D eigenvalue weighted by molar-refractivity contribution is 6.31. The number of fused-ring (bicyclic) bond motifs is 1. The Hall–Kier alpha value is -2.92. The van der Waals surface area contributed by atoms with E-state index in [0.29, 0.717) is 5.02 Å². The molecule has 120 valence electrons. The first kappa shape index (κ1) is 16.0. The number of aromatic carboxylic acids is 1. The van der Waals surface area contributed by atoms with Gasteiger partial charge in [-0.1, -0.05) is 23.7 Å². The summed E-state index contributed by atoms with van der Waals surface area (Å²) >= 11 is 5.98. The molecule has 0 radical (unpaired) electrons. The number of nitrogens with zero attached hydrogens (tertiary/aromatic N) is 2. The summed E-state index contributed by atoms with van der Waals surface area (Å²) in [5.41, 5.74) is 6.46. The van der Waals surface area contributed by atoms with Gasteiger partial charge in [0.05, 0.1) is 22.5 Å². The van der Waals surface area contributed by atoms with Crippen LogP contribution in [0.4, 0.5) is 5.69 Å². The first-order chi connectivity index (χ1) is 11.5. The molecule has 2 N–H and O–H groups in total. The zero-order valence-electron chi connectivity index (χ0n) is 12.8. The van der Waals surface area contributed by atoms with Gasteiger partial charge in [-0.15, -0.1) is 0 Å². The van der Waals surface area contributed by atoms with Gasteiger partial charge in [-0.25, -0.2) is 4.79 Å². The number of aromatic nitrogens is 1. The predicted octanol–water partition coefficient (Wildman–Crippen LogP) is 4.42. The van der Waals surface area contributed by atoms with Gasteiger partial charge in [-0.05, 0) is 48.9 Å². The van der Waals surface area contributed by atoms with Gasteiger partial charge in [-0.2, -0.15) is 5.10 Å². The van der Waals surface area contributed by atoms with E-state index in [1.54, 1.807) is 42.6 Å². The number of hydrazone groups is 1. The highest BCUT2D eigenvalue weighted by atomic mass is 35.5. The van der Waals surface area contributed by atoms with Crippen molar-refractivity contribution in [2.75, 3.05) is 5.43 Å². The molecule has 0 aliphatic heterocycles. The fourth-order valence-corrected chi connectivity index (χ4v) is 2.45. The number of halogens is 1. The van der Waals surface area contributed by atoms with Gasteiger partial charge in [0, 0.05) is 16.6 Å². The molecule has 0 amide bonds. The minimum atomic E-state index is -0.948. The molecule has 24 heavy (non-hydrogen) atoms. The molecule has 0 atom stereocenters. The number of pyridine rings is 1. The predicted molar refractivity (Wildman–Crippen MR) is 96.0 cm³/mol. The lowest BCUT2D eigenvalue weighted by molar-refractivity contribution is 0.0697. The maximum absolute atomic E-state index is 10.9. The quantitative estimate of drug-likeness (QED) is 0.545. The van der Waals surface area contributed by atoms with Crippen LogP contribution < -0.4 is 5.43 Å². The van der Waals surface area contributed by atoms with Crippen LogP contribution in [0.3, 0.4) is 0 Å². The molecule has 5 nitrogen and oxygen atoms in total. The van der Waals surface area contributed by atoms with Crippen LogP contribution in [0.2, 0.25) is 5.02 Å². The lowest BCUT2D eigenvalue weighted by Gasteiger charge is -2.07. The molecular formula is C18H14ClN3O2. The van der Waals surface area contributed by atoms with Crippen LogP contribution in [0.25, 0.3) is 10.9 Å². The minimum absolute atomic E-state index is 0.247. The third-order valence-corrected chi connectivity index (χ3v) is 3.83. The minimum Gasteiger partial charge on any atom is -0.478 e. The van der Waals surface area contributed by atoms with E-state index in [-0.39, 0.29) is 5.56 Å². The van der Waals surface area contributed by atoms with E-state index in [4.69, 9.17) is 16.7 Å². The van der Waals surface area contributed by atoms with Crippen molar-refractivity contribution in [3.63, 3.8) is 0 Å². The van der Waals surface area contributed by atoms with E-state index < -0.39 is 5.97 Å². The Bertz CT molecular complexity index is 937. The number of benzene rings is 2. The van der Waals surface area contributed by atoms with E-state index in [1.807, 2.05) is 19.1 Å². The Morgan fingerprint density at radius 3 is 2.54 bits per heavy atom. The number of hydrogen-bond acceptors (Lipinski definition) is 4. The van der Waals surface area contributed by atoms with Crippen LogP contribution in [0.15, 0.2) is 59.8 Å². The molecule has 2 aromatic carbocycles. The summed E-state index contributed by atoms with van der Waals surface area (Å²) in [5, 5.41) is 14.8. The average molecular weight is 340 g/mol. The van der Waals surface area contributed by atoms with Gasteiger partial charge in [-0.3, -0.25) is 10.4 Å². The van der Waals surface area contributed by atoms with E-state index in [1.165, 1.54) is 0 Å². The highest BCUT2D eigenvalue weighted by Crippen LogP contribution is 2.24. The van der Waals surface area contributed by atoms with Crippen LogP contribution >= 0.6 is 11.6 Å². The van der Waals surface area contributed by atoms with Gasteiger partial charge in [0.15, 0.2) is 0 Å². The molecule has 3 aromatic rings. The zero-order valence-corrected chi connectivity index (χ0v) is 13.6. The average Bonchev–Trinajstić information content (AvgIpc) is 2.59. The van der Waals surface area contributed by atoms with Gasteiger partial charge in [0.25, 0.3) is 0 Å². The fraction of sp³-hybridized carbons (Fsp3) is 0.0556. The first-order valence-corrected chi connectivity index (χ1v) is 7.61. The van der Waals surface area contributed by atoms with Crippen molar-refractivity contribution in [3.05, 3.63) is 70.9 Å². The Morgan fingerprint density at radius 2 is 1.83 bits per heavy atom. The highest BCUT2D eigenvalue weighted by Gasteiger charge is 2.05. The number of anilines is 1. The summed E-state index contributed by atoms with van der Waals surface area (Å²) < 4.78 is 0. The van der Waals surface area contributed by atoms with Crippen molar-refractivity contribution in [2.45, 2.75) is 6.92 Å². The van der Waals surface area contributed by atoms with Crippen molar-refractivity contribution in [3.8, 4) is 0 Å². The monoisotopic (exact) mass is 339 g/mol. The van der Waals surface area contributed by atoms with Gasteiger partial charge in [0.2, 0.25) is 0 Å². The van der Waals surface area contributed by atoms with E-state index in [9.17, 15) is 4.79 Å². The fourth-order valence-electron chi connectivity index (χ4n) is 2.28. The molecule has 0 aliphatic carbocycles. The number of rotatable bonds is 4. The maximum atomic E-state index is 10.9. The summed E-state index contributed by atoms with van der Waals surface area (Å²) in [6.45, 7) is 1.85. The third kappa shape index (κ3) is 3.36. The van der Waals surface area contributed by atoms with Crippen molar-refractivity contribution in [1.82, 2.24) is 4.98 Å². The molecule has 0 bridgehead atoms. The van der Waals surface area contributed by atoms with E-state index in [2.05, 4.69) is 15.5 Å². The lowest BCUT2D eigenvalue weighted by Crippen LogP contribution is -2.02. The van der Waals surface area contributed by atoms with Gasteiger partial charge in [0.1, 0.15) is 0 Å². The second-order valence-corrected chi connectivity index (χ2v) is 5.65. The molecule has 1 heterocycles. The molecule has 0 spiro atoms. The van der Waals surface area contributed by atoms with Crippen molar-refractivity contribution < 1.29 is 9.90 Å². The Balaban J connectivity index is 1.86. The summed E-state index contributed by atoms with van der Waals surface area (Å²) in [4.78, 5) is 15.2. The SMILES string of the molecule is C/C(=N\Nc1ccnc2cc(Cl)ccc12)c1ccc(C(=O)O)cc1. The summed E-state index contributed by atoms with van der Waals surface area (Å²) in [6, 6.07) is 13.9. The van der Waals surface area contributed by atoms with Crippen molar-refractivity contribution in [2.24, 2.45) is 5.10 Å². The summed E-state index contributed by atoms with van der Waals surface area (Å²) in [5.74, 6) is -0.948. The second-order valence-electron chi connectivity index (χ2n) is 5.21. The molecule has 6 heteroatoms. The van der Waals surface area contributed by atoms with Gasteiger partial charge >= 0.3 is 5.97 Å². The topological polar surface area (TPSA) is 74.6 Å². The maximum Gasteiger partial charge on any atom is 0.335 e. The van der Waals surface area contributed by atoms with Crippen molar-refractivity contribution >= 4 is 39.9 Å². The molecule has 0 fully saturated rings. The third-order valence-electron chi connectivity index (χ3n) is 3.60. The zero-order chi connectivity index (χ0) is 17.1. The normalized spacial score (nSPS) is 11.5. The smallest absolute Gasteiger partial charge is 0.335 e. The van der Waals surface area contributed by atoms with Crippen LogP contribution in [0, 0.1) is 0 Å². The molecule has 3 rings (SSSR count). The number of nitrogens with one attached hydrogen (secondary N) is 1. The van der Waals surface area contributed by atoms with Gasteiger partial charge < -0.3 is 5.11 Å². The molecule has 0 unspecified atom stereocenters. The molecule has 1 aromatic heterocycles. The van der Waals surface area contributed by atoms with Crippen LogP contribution in [0.1, 0.15) is 22.8 Å². The van der Waals surface area contributed by atoms with Crippen LogP contribution in [-0.4, -0.2) is 21.8 Å². The molecule has 0 aliphatic rings. The number of hydrogen-bond donors (Lipinski definition) is 2. The van der Waals surface area contributed by atoms with Crippen molar-refractivity contribution in [1.29, 1.82) is 0 Å². The largest absolute Gasteiger partial charge is 0.478 e. The second kappa shape index (κ2) is 6.68. The molecule has 0 saturated carbocycles. The Morgan fingerprint density at radius 1 is 1.12 bits per heavy atom. The lowest BCUT2D eigenvalue weighted by atomic mass is 10.1. The standard InChI is InChI=1S/C18H14ClN3O2/c1-11(12-2-4-13(5-3-12)18(23)24)21-22-16-8-9-20-17-10-14(19)6-7-15(16)17/h2-10H,1H3,(H,20,22)(H,23,24)/b21-11+. The number of carboxylic acids is 1. The van der Waals surface area contributed by atoms with Crippen LogP contribution in [0.5, 0.6) is 0 Å². The first-order valence-electron chi connectivity index (χ1n) is 7.23. The Kier molecular flexibility index (Phi) is 4.44. The molecular weight excluding hydrogens is 326 g/mol. The Labute approximate surface area is 143 Å². The summed E-state index contributed by atoms with van der Waals surface area (Å²) in [6.07, 6.45) is 1.69. The number of carbonyl (C=O) groups is 1. The van der Waals surface area contributed by atoms with E-state index >= 15 is 0 Å². The summed E-state index contributed by atoms with van der Waals surface area (Å²) in [7, 11) is 0.